The van der Waals surface area contributed by atoms with Crippen LogP contribution in [-0.4, -0.2) is 32.6 Å². The second-order valence-corrected chi connectivity index (χ2v) is 5.96. The maximum atomic E-state index is 12.1. The van der Waals surface area contributed by atoms with Gasteiger partial charge in [-0.15, -0.1) is 0 Å². The number of rotatable bonds is 7. The number of tetrazole rings is 1. The Balaban J connectivity index is 1.65. The van der Waals surface area contributed by atoms with E-state index in [1.165, 1.54) is 14.9 Å². The second-order valence-electron chi connectivity index (χ2n) is 5.96. The van der Waals surface area contributed by atoms with Crippen molar-refractivity contribution < 1.29 is 4.84 Å². The lowest BCUT2D eigenvalue weighted by atomic mass is 10.1. The third kappa shape index (κ3) is 4.05. The highest BCUT2D eigenvalue weighted by atomic mass is 16.6. The molecule has 0 radical (unpaired) electrons. The van der Waals surface area contributed by atoms with E-state index in [2.05, 4.69) is 27.7 Å². The summed E-state index contributed by atoms with van der Waals surface area (Å²) in [5.41, 5.74) is 3.34. The largest absolute Gasteiger partial charge is 0.396 e. The van der Waals surface area contributed by atoms with E-state index in [4.69, 9.17) is 4.84 Å². The van der Waals surface area contributed by atoms with Crippen LogP contribution in [-0.2, 0) is 18.3 Å². The number of hydrogen-bond donors (Lipinski definition) is 0. The molecule has 7 heteroatoms. The highest BCUT2D eigenvalue weighted by Gasteiger charge is 2.11. The van der Waals surface area contributed by atoms with Crippen LogP contribution in [0.1, 0.15) is 23.1 Å². The minimum atomic E-state index is -0.311. The summed E-state index contributed by atoms with van der Waals surface area (Å²) in [4.78, 5) is 17.5. The summed E-state index contributed by atoms with van der Waals surface area (Å²) < 4.78 is 2.44. The van der Waals surface area contributed by atoms with Crippen molar-refractivity contribution in [2.75, 3.05) is 6.61 Å². The number of benzene rings is 2. The van der Waals surface area contributed by atoms with Crippen LogP contribution in [0.3, 0.4) is 0 Å². The molecule has 0 spiro atoms. The fourth-order valence-electron chi connectivity index (χ4n) is 2.61. The van der Waals surface area contributed by atoms with Crippen LogP contribution in [0.15, 0.2) is 58.5 Å². The molecule has 3 rings (SSSR count). The molecule has 1 heterocycles. The summed E-state index contributed by atoms with van der Waals surface area (Å²) in [5, 5.41) is 11.7. The molecule has 2 aromatic carbocycles. The van der Waals surface area contributed by atoms with Gasteiger partial charge >= 0.3 is 5.69 Å². The quantitative estimate of drug-likeness (QED) is 0.372. The molecule has 0 aliphatic rings. The SMILES string of the molecule is Cc1cccc(-n2nnn(C)c2=O)c1/C=N\OCCCc1ccccc1. The molecule has 134 valence electrons. The first-order valence-electron chi connectivity index (χ1n) is 8.45. The molecule has 0 N–H and O–H groups in total. The molecule has 0 unspecified atom stereocenters. The maximum absolute atomic E-state index is 12.1. The zero-order valence-electron chi connectivity index (χ0n) is 14.9. The van der Waals surface area contributed by atoms with Crippen molar-refractivity contribution in [3.8, 4) is 5.69 Å². The van der Waals surface area contributed by atoms with Crippen LogP contribution in [0.5, 0.6) is 0 Å². The van der Waals surface area contributed by atoms with E-state index in [0.29, 0.717) is 12.3 Å². The highest BCUT2D eigenvalue weighted by molar-refractivity contribution is 5.86. The number of aryl methyl sites for hydroxylation is 3. The smallest absolute Gasteiger partial charge is 0.368 e. The third-order valence-corrected chi connectivity index (χ3v) is 4.05. The molecule has 0 aliphatic heterocycles. The average molecular weight is 351 g/mol. The Morgan fingerprint density at radius 3 is 2.65 bits per heavy atom. The maximum Gasteiger partial charge on any atom is 0.368 e. The Kier molecular flexibility index (Phi) is 5.58. The molecule has 0 saturated heterocycles. The standard InChI is InChI=1S/C19H21N5O2/c1-15-8-6-12-18(24-19(25)23(2)21-22-24)17(15)14-20-26-13-7-11-16-9-4-3-5-10-16/h3-6,8-10,12,14H,7,11,13H2,1-2H3/b20-14-. The zero-order valence-corrected chi connectivity index (χ0v) is 14.9. The van der Waals surface area contributed by atoms with Gasteiger partial charge in [-0.1, -0.05) is 47.6 Å². The summed E-state index contributed by atoms with van der Waals surface area (Å²) >= 11 is 0. The van der Waals surface area contributed by atoms with E-state index < -0.39 is 0 Å². The Morgan fingerprint density at radius 1 is 1.12 bits per heavy atom. The van der Waals surface area contributed by atoms with E-state index in [-0.39, 0.29) is 5.69 Å². The topological polar surface area (TPSA) is 74.3 Å². The fourth-order valence-corrected chi connectivity index (χ4v) is 2.61. The van der Waals surface area contributed by atoms with Gasteiger partial charge in [0.05, 0.1) is 11.9 Å². The first-order chi connectivity index (χ1) is 12.7. The van der Waals surface area contributed by atoms with Crippen molar-refractivity contribution in [1.82, 2.24) is 19.8 Å². The van der Waals surface area contributed by atoms with Gasteiger partial charge in [0.2, 0.25) is 0 Å². The third-order valence-electron chi connectivity index (χ3n) is 4.05. The second kappa shape index (κ2) is 8.24. The summed E-state index contributed by atoms with van der Waals surface area (Å²) in [6.45, 7) is 2.47. The van der Waals surface area contributed by atoms with Crippen molar-refractivity contribution in [3.63, 3.8) is 0 Å². The van der Waals surface area contributed by atoms with Gasteiger partial charge < -0.3 is 4.84 Å². The lowest BCUT2D eigenvalue weighted by Crippen LogP contribution is -2.23. The van der Waals surface area contributed by atoms with Crippen molar-refractivity contribution in [2.24, 2.45) is 12.2 Å². The van der Waals surface area contributed by atoms with Crippen LogP contribution in [0.25, 0.3) is 5.69 Å². The Morgan fingerprint density at radius 2 is 1.92 bits per heavy atom. The van der Waals surface area contributed by atoms with Gasteiger partial charge in [0, 0.05) is 12.6 Å². The molecule has 26 heavy (non-hydrogen) atoms. The number of oxime groups is 1. The molecular weight excluding hydrogens is 330 g/mol. The first-order valence-corrected chi connectivity index (χ1v) is 8.45. The minimum Gasteiger partial charge on any atom is -0.396 e. The summed E-state index contributed by atoms with van der Waals surface area (Å²) in [5.74, 6) is 0. The predicted octanol–water partition coefficient (Wildman–Crippen LogP) is 2.26. The number of nitrogens with zero attached hydrogens (tertiary/aromatic N) is 5. The van der Waals surface area contributed by atoms with Gasteiger partial charge in [0.15, 0.2) is 0 Å². The molecule has 0 amide bonds. The summed E-state index contributed by atoms with van der Waals surface area (Å²) in [6, 6.07) is 15.9. The molecule has 3 aromatic rings. The van der Waals surface area contributed by atoms with E-state index in [9.17, 15) is 4.79 Å². The Labute approximate surface area is 151 Å². The van der Waals surface area contributed by atoms with Crippen LogP contribution in [0, 0.1) is 6.92 Å². The molecular formula is C19H21N5O2. The van der Waals surface area contributed by atoms with E-state index in [1.807, 2.05) is 37.3 Å². The van der Waals surface area contributed by atoms with E-state index >= 15 is 0 Å². The van der Waals surface area contributed by atoms with Crippen molar-refractivity contribution in [3.05, 3.63) is 75.7 Å². The van der Waals surface area contributed by atoms with Gasteiger partial charge in [-0.2, -0.15) is 9.36 Å². The van der Waals surface area contributed by atoms with E-state index in [1.54, 1.807) is 19.3 Å². The molecule has 0 aliphatic carbocycles. The Hall–Kier alpha value is -3.22. The van der Waals surface area contributed by atoms with E-state index in [0.717, 1.165) is 24.0 Å². The zero-order chi connectivity index (χ0) is 18.4. The van der Waals surface area contributed by atoms with Crippen LogP contribution >= 0.6 is 0 Å². The molecule has 0 atom stereocenters. The van der Waals surface area contributed by atoms with Gasteiger partial charge in [-0.25, -0.2) is 4.79 Å². The van der Waals surface area contributed by atoms with Crippen LogP contribution in [0.4, 0.5) is 0 Å². The van der Waals surface area contributed by atoms with Crippen molar-refractivity contribution >= 4 is 6.21 Å². The van der Waals surface area contributed by atoms with Gasteiger partial charge in [-0.3, -0.25) is 0 Å². The first kappa shape index (κ1) is 17.6. The highest BCUT2D eigenvalue weighted by Crippen LogP contribution is 2.14. The fraction of sp³-hybridized carbons (Fsp3) is 0.263. The minimum absolute atomic E-state index is 0.311. The van der Waals surface area contributed by atoms with Crippen molar-refractivity contribution in [1.29, 1.82) is 0 Å². The average Bonchev–Trinajstić information content (AvgIpc) is 2.99. The van der Waals surface area contributed by atoms with Crippen LogP contribution in [0.2, 0.25) is 0 Å². The monoisotopic (exact) mass is 351 g/mol. The molecule has 0 saturated carbocycles. The molecule has 0 fully saturated rings. The molecule has 1 aromatic heterocycles. The van der Waals surface area contributed by atoms with Gasteiger partial charge in [-0.05, 0) is 47.4 Å². The normalized spacial score (nSPS) is 11.2. The van der Waals surface area contributed by atoms with Crippen molar-refractivity contribution in [2.45, 2.75) is 19.8 Å². The number of hydrogen-bond acceptors (Lipinski definition) is 5. The molecule has 0 bridgehead atoms. The summed E-state index contributed by atoms with van der Waals surface area (Å²) in [7, 11) is 1.56. The lowest BCUT2D eigenvalue weighted by molar-refractivity contribution is 0.143. The molecule has 7 nitrogen and oxygen atoms in total. The van der Waals surface area contributed by atoms with Gasteiger partial charge in [0.25, 0.3) is 0 Å². The van der Waals surface area contributed by atoms with Crippen LogP contribution < -0.4 is 5.69 Å². The Bertz CT molecular complexity index is 944. The van der Waals surface area contributed by atoms with Gasteiger partial charge in [0.1, 0.15) is 6.61 Å². The predicted molar refractivity (Wildman–Crippen MR) is 99.6 cm³/mol. The summed E-state index contributed by atoms with van der Waals surface area (Å²) in [6.07, 6.45) is 3.45. The number of aromatic nitrogens is 4. The lowest BCUT2D eigenvalue weighted by Gasteiger charge is -2.07.